The minimum absolute atomic E-state index is 0.194. The Labute approximate surface area is 109 Å². The molecule has 1 fully saturated rings. The summed E-state index contributed by atoms with van der Waals surface area (Å²) in [6.07, 6.45) is -1.14. The summed E-state index contributed by atoms with van der Waals surface area (Å²) in [5.41, 5.74) is 0. The van der Waals surface area contributed by atoms with E-state index in [4.69, 9.17) is 0 Å². The van der Waals surface area contributed by atoms with Gasteiger partial charge in [0, 0.05) is 25.0 Å². The Morgan fingerprint density at radius 1 is 1.35 bits per heavy atom. The zero-order chi connectivity index (χ0) is 12.7. The van der Waals surface area contributed by atoms with Crippen molar-refractivity contribution in [2.45, 2.75) is 25.4 Å². The van der Waals surface area contributed by atoms with Gasteiger partial charge in [-0.15, -0.1) is 0 Å². The molecule has 0 aliphatic carbocycles. The van der Waals surface area contributed by atoms with Gasteiger partial charge in [-0.1, -0.05) is 15.9 Å². The van der Waals surface area contributed by atoms with Crippen molar-refractivity contribution in [3.63, 3.8) is 0 Å². The second-order valence-electron chi connectivity index (χ2n) is 4.45. The Morgan fingerprint density at radius 3 is 2.76 bits per heavy atom. The first-order valence-electron chi connectivity index (χ1n) is 5.94. The Kier molecular flexibility index (Phi) is 6.80. The SMILES string of the molecule is FC(F)(F)COCCCN1CCC(CCBr)C1. The molecule has 17 heavy (non-hydrogen) atoms. The van der Waals surface area contributed by atoms with Crippen LogP contribution in [0.4, 0.5) is 13.2 Å². The van der Waals surface area contributed by atoms with Crippen molar-refractivity contribution in [2.75, 3.05) is 38.2 Å². The predicted octanol–water partition coefficient (Wildman–Crippen LogP) is 3.06. The lowest BCUT2D eigenvalue weighted by molar-refractivity contribution is -0.174. The number of hydrogen-bond acceptors (Lipinski definition) is 2. The van der Waals surface area contributed by atoms with Gasteiger partial charge in [0.25, 0.3) is 0 Å². The lowest BCUT2D eigenvalue weighted by Gasteiger charge is -2.15. The van der Waals surface area contributed by atoms with Crippen LogP contribution in [0.5, 0.6) is 0 Å². The Hall–Kier alpha value is 0.190. The van der Waals surface area contributed by atoms with Crippen molar-refractivity contribution in [3.8, 4) is 0 Å². The molecule has 102 valence electrons. The molecular formula is C11H19BrF3NO. The average molecular weight is 318 g/mol. The van der Waals surface area contributed by atoms with Crippen molar-refractivity contribution in [3.05, 3.63) is 0 Å². The number of likely N-dealkylation sites (tertiary alicyclic amines) is 1. The summed E-state index contributed by atoms with van der Waals surface area (Å²) in [4.78, 5) is 2.31. The molecule has 0 aromatic carbocycles. The maximum absolute atomic E-state index is 11.8. The van der Waals surface area contributed by atoms with Crippen molar-refractivity contribution in [1.82, 2.24) is 4.90 Å². The van der Waals surface area contributed by atoms with Crippen LogP contribution in [0.3, 0.4) is 0 Å². The molecule has 0 radical (unpaired) electrons. The molecular weight excluding hydrogens is 299 g/mol. The Morgan fingerprint density at radius 2 is 2.12 bits per heavy atom. The van der Waals surface area contributed by atoms with Gasteiger partial charge < -0.3 is 9.64 Å². The van der Waals surface area contributed by atoms with Crippen LogP contribution in [0, 0.1) is 5.92 Å². The lowest BCUT2D eigenvalue weighted by atomic mass is 10.1. The highest BCUT2D eigenvalue weighted by atomic mass is 79.9. The van der Waals surface area contributed by atoms with Crippen LogP contribution >= 0.6 is 15.9 Å². The molecule has 6 heteroatoms. The maximum Gasteiger partial charge on any atom is 0.411 e. The Balaban J connectivity index is 1.97. The second-order valence-corrected chi connectivity index (χ2v) is 5.25. The van der Waals surface area contributed by atoms with E-state index in [1.54, 1.807) is 0 Å². The first-order valence-corrected chi connectivity index (χ1v) is 7.06. The lowest BCUT2D eigenvalue weighted by Crippen LogP contribution is -2.24. The molecule has 0 aromatic rings. The summed E-state index contributed by atoms with van der Waals surface area (Å²) in [5, 5.41) is 1.03. The van der Waals surface area contributed by atoms with Crippen LogP contribution in [0.15, 0.2) is 0 Å². The molecule has 0 saturated carbocycles. The first kappa shape index (κ1) is 15.2. The third kappa shape index (κ3) is 7.26. The summed E-state index contributed by atoms with van der Waals surface area (Å²) >= 11 is 3.43. The van der Waals surface area contributed by atoms with Crippen LogP contribution in [-0.2, 0) is 4.74 Å². The first-order chi connectivity index (χ1) is 8.01. The van der Waals surface area contributed by atoms with Gasteiger partial charge >= 0.3 is 6.18 Å². The van der Waals surface area contributed by atoms with Gasteiger partial charge in [0.1, 0.15) is 6.61 Å². The fourth-order valence-corrected chi connectivity index (χ4v) is 2.73. The monoisotopic (exact) mass is 317 g/mol. The number of hydrogen-bond donors (Lipinski definition) is 0. The molecule has 1 rings (SSSR count). The van der Waals surface area contributed by atoms with E-state index in [0.717, 1.165) is 30.9 Å². The quantitative estimate of drug-likeness (QED) is 0.528. The van der Waals surface area contributed by atoms with Gasteiger partial charge in [0.05, 0.1) is 0 Å². The van der Waals surface area contributed by atoms with E-state index in [0.29, 0.717) is 6.42 Å². The molecule has 1 unspecified atom stereocenters. The highest BCUT2D eigenvalue weighted by Gasteiger charge is 2.27. The third-order valence-electron chi connectivity index (χ3n) is 2.92. The van der Waals surface area contributed by atoms with Gasteiger partial charge in [-0.25, -0.2) is 0 Å². The summed E-state index contributed by atoms with van der Waals surface area (Å²) in [5.74, 6) is 0.741. The molecule has 1 saturated heterocycles. The van der Waals surface area contributed by atoms with E-state index in [2.05, 4.69) is 25.6 Å². The summed E-state index contributed by atoms with van der Waals surface area (Å²) in [6.45, 7) is 2.05. The van der Waals surface area contributed by atoms with Crippen molar-refractivity contribution >= 4 is 15.9 Å². The van der Waals surface area contributed by atoms with Crippen LogP contribution in [-0.4, -0.2) is 49.3 Å². The number of halogens is 4. The number of nitrogens with zero attached hydrogens (tertiary/aromatic N) is 1. The fourth-order valence-electron chi connectivity index (χ4n) is 2.08. The average Bonchev–Trinajstić information content (AvgIpc) is 2.64. The van der Waals surface area contributed by atoms with Gasteiger partial charge in [-0.05, 0) is 31.7 Å². The topological polar surface area (TPSA) is 12.5 Å². The summed E-state index contributed by atoms with van der Waals surface area (Å²) in [7, 11) is 0. The van der Waals surface area contributed by atoms with Crippen LogP contribution < -0.4 is 0 Å². The highest BCUT2D eigenvalue weighted by molar-refractivity contribution is 9.09. The van der Waals surface area contributed by atoms with Gasteiger partial charge in [0.15, 0.2) is 0 Å². The molecule has 1 atom stereocenters. The Bertz CT molecular complexity index is 213. The van der Waals surface area contributed by atoms with Crippen molar-refractivity contribution in [1.29, 1.82) is 0 Å². The normalized spacial score (nSPS) is 22.2. The minimum Gasteiger partial charge on any atom is -0.372 e. The van der Waals surface area contributed by atoms with Crippen LogP contribution in [0.25, 0.3) is 0 Å². The molecule has 0 N–H and O–H groups in total. The zero-order valence-electron chi connectivity index (χ0n) is 9.81. The molecule has 0 aromatic heterocycles. The van der Waals surface area contributed by atoms with E-state index >= 15 is 0 Å². The summed E-state index contributed by atoms with van der Waals surface area (Å²) in [6, 6.07) is 0. The molecule has 1 aliphatic rings. The zero-order valence-corrected chi connectivity index (χ0v) is 11.4. The fraction of sp³-hybridized carbons (Fsp3) is 1.00. The largest absolute Gasteiger partial charge is 0.411 e. The molecule has 1 heterocycles. The number of rotatable bonds is 7. The van der Waals surface area contributed by atoms with Crippen LogP contribution in [0.1, 0.15) is 19.3 Å². The molecule has 0 bridgehead atoms. The minimum atomic E-state index is -4.20. The van der Waals surface area contributed by atoms with E-state index in [1.807, 2.05) is 0 Å². The predicted molar refractivity (Wildman–Crippen MR) is 64.4 cm³/mol. The number of ether oxygens (including phenoxy) is 1. The number of alkyl halides is 4. The molecule has 0 spiro atoms. The van der Waals surface area contributed by atoms with Crippen molar-refractivity contribution < 1.29 is 17.9 Å². The van der Waals surface area contributed by atoms with Gasteiger partial charge in [0.2, 0.25) is 0 Å². The van der Waals surface area contributed by atoms with E-state index < -0.39 is 12.8 Å². The van der Waals surface area contributed by atoms with Crippen molar-refractivity contribution in [2.24, 2.45) is 5.92 Å². The standard InChI is InChI=1S/C11H19BrF3NO/c12-4-2-10-3-6-16(8-10)5-1-7-17-9-11(13,14)15/h10H,1-9H2. The molecule has 0 amide bonds. The van der Waals surface area contributed by atoms with E-state index in [9.17, 15) is 13.2 Å². The van der Waals surface area contributed by atoms with Gasteiger partial charge in [-0.3, -0.25) is 0 Å². The second kappa shape index (κ2) is 7.59. The molecule has 1 aliphatic heterocycles. The van der Waals surface area contributed by atoms with E-state index in [1.165, 1.54) is 12.8 Å². The van der Waals surface area contributed by atoms with Crippen LogP contribution in [0.2, 0.25) is 0 Å². The van der Waals surface area contributed by atoms with Gasteiger partial charge in [-0.2, -0.15) is 13.2 Å². The smallest absolute Gasteiger partial charge is 0.372 e. The highest BCUT2D eigenvalue weighted by Crippen LogP contribution is 2.20. The maximum atomic E-state index is 11.8. The summed E-state index contributed by atoms with van der Waals surface area (Å²) < 4.78 is 39.9. The van der Waals surface area contributed by atoms with E-state index in [-0.39, 0.29) is 6.61 Å². The third-order valence-corrected chi connectivity index (χ3v) is 3.37. The molecule has 2 nitrogen and oxygen atoms in total.